The summed E-state index contributed by atoms with van der Waals surface area (Å²) in [5.74, 6) is 1.21. The monoisotopic (exact) mass is 221 g/mol. The summed E-state index contributed by atoms with van der Waals surface area (Å²) < 4.78 is 5.60. The average Bonchev–Trinajstić information content (AvgIpc) is 2.09. The molecule has 0 amide bonds. The summed E-state index contributed by atoms with van der Waals surface area (Å²) in [5, 5.41) is 3.40. The molecule has 0 aliphatic carbocycles. The van der Waals surface area contributed by atoms with Crippen LogP contribution in [0.3, 0.4) is 0 Å². The fraction of sp³-hybridized carbons (Fsp3) is 1.00. The van der Waals surface area contributed by atoms with Crippen LogP contribution in [-0.4, -0.2) is 30.7 Å². The van der Waals surface area contributed by atoms with E-state index >= 15 is 0 Å². The van der Waals surface area contributed by atoms with Gasteiger partial charge >= 0.3 is 0 Å². The van der Waals surface area contributed by atoms with Crippen molar-refractivity contribution in [2.75, 3.05) is 19.0 Å². The number of halogens is 1. The predicted molar refractivity (Wildman–Crippen MR) is 63.1 cm³/mol. The molecule has 0 fully saturated rings. The molecule has 0 aromatic heterocycles. The fourth-order valence-electron chi connectivity index (χ4n) is 0.979. The maximum atomic E-state index is 5.76. The van der Waals surface area contributed by atoms with E-state index in [1.807, 2.05) is 0 Å². The van der Waals surface area contributed by atoms with Crippen LogP contribution in [0.5, 0.6) is 0 Å². The Hall–Kier alpha value is 0.210. The molecule has 0 saturated carbocycles. The lowest BCUT2D eigenvalue weighted by atomic mass is 10.1. The molecule has 2 unspecified atom stereocenters. The maximum absolute atomic E-state index is 5.76. The fourth-order valence-corrected chi connectivity index (χ4v) is 1.25. The molecule has 3 heteroatoms. The largest absolute Gasteiger partial charge is 0.375 e. The van der Waals surface area contributed by atoms with E-state index in [9.17, 15) is 0 Å². The molecule has 0 aromatic carbocycles. The first kappa shape index (κ1) is 14.2. The summed E-state index contributed by atoms with van der Waals surface area (Å²) in [5.41, 5.74) is -0.0387. The van der Waals surface area contributed by atoms with Crippen molar-refractivity contribution < 1.29 is 4.74 Å². The molecule has 0 heterocycles. The molecule has 1 N–H and O–H groups in total. The van der Waals surface area contributed by atoms with Gasteiger partial charge in [0, 0.05) is 18.5 Å². The number of ether oxygens (including phenoxy) is 1. The van der Waals surface area contributed by atoms with Crippen molar-refractivity contribution in [3.05, 3.63) is 0 Å². The first-order valence-electron chi connectivity index (χ1n) is 5.30. The third-order valence-electron chi connectivity index (χ3n) is 2.20. The van der Waals surface area contributed by atoms with Crippen LogP contribution in [0.2, 0.25) is 0 Å². The van der Waals surface area contributed by atoms with Crippen LogP contribution < -0.4 is 5.32 Å². The molecular weight excluding hydrogens is 198 g/mol. The number of hydrogen-bond acceptors (Lipinski definition) is 2. The Morgan fingerprint density at radius 3 is 2.29 bits per heavy atom. The van der Waals surface area contributed by atoms with E-state index in [0.717, 1.165) is 13.2 Å². The Kier molecular flexibility index (Phi) is 6.75. The van der Waals surface area contributed by atoms with E-state index in [-0.39, 0.29) is 5.60 Å². The van der Waals surface area contributed by atoms with Crippen LogP contribution in [0.25, 0.3) is 0 Å². The number of nitrogens with one attached hydrogen (secondary N) is 1. The molecule has 0 aliphatic heterocycles. The van der Waals surface area contributed by atoms with Gasteiger partial charge < -0.3 is 10.1 Å². The summed E-state index contributed by atoms with van der Waals surface area (Å²) in [6, 6.07) is 0.455. The van der Waals surface area contributed by atoms with Crippen molar-refractivity contribution in [3.8, 4) is 0 Å². The first-order valence-corrected chi connectivity index (χ1v) is 5.83. The molecule has 0 saturated heterocycles. The summed E-state index contributed by atoms with van der Waals surface area (Å²) in [4.78, 5) is 0. The van der Waals surface area contributed by atoms with Crippen molar-refractivity contribution in [2.45, 2.75) is 46.3 Å². The smallest absolute Gasteiger partial charge is 0.0599 e. The SMILES string of the molecule is CC(CCl)C(C)NCCOC(C)(C)C. The van der Waals surface area contributed by atoms with Gasteiger partial charge in [-0.25, -0.2) is 0 Å². The van der Waals surface area contributed by atoms with E-state index < -0.39 is 0 Å². The molecule has 2 atom stereocenters. The third kappa shape index (κ3) is 7.60. The topological polar surface area (TPSA) is 21.3 Å². The first-order chi connectivity index (χ1) is 6.37. The van der Waals surface area contributed by atoms with Crippen molar-refractivity contribution >= 4 is 11.6 Å². The Bertz CT molecular complexity index is 145. The normalized spacial score (nSPS) is 16.7. The van der Waals surface area contributed by atoms with Gasteiger partial charge in [0.25, 0.3) is 0 Å². The van der Waals surface area contributed by atoms with E-state index in [2.05, 4.69) is 39.9 Å². The van der Waals surface area contributed by atoms with Gasteiger partial charge in [-0.1, -0.05) is 6.92 Å². The molecule has 2 nitrogen and oxygen atoms in total. The van der Waals surface area contributed by atoms with Crippen LogP contribution in [0.1, 0.15) is 34.6 Å². The van der Waals surface area contributed by atoms with Gasteiger partial charge in [-0.15, -0.1) is 11.6 Å². The molecule has 0 rings (SSSR count). The molecular formula is C11H24ClNO. The molecule has 14 heavy (non-hydrogen) atoms. The van der Waals surface area contributed by atoms with Gasteiger partial charge in [-0.3, -0.25) is 0 Å². The lowest BCUT2D eigenvalue weighted by Crippen LogP contribution is -2.36. The zero-order valence-corrected chi connectivity index (χ0v) is 10.8. The van der Waals surface area contributed by atoms with Gasteiger partial charge in [0.05, 0.1) is 12.2 Å². The van der Waals surface area contributed by atoms with Crippen LogP contribution in [0.4, 0.5) is 0 Å². The highest BCUT2D eigenvalue weighted by atomic mass is 35.5. The minimum absolute atomic E-state index is 0.0387. The number of hydrogen-bond donors (Lipinski definition) is 1. The molecule has 0 bridgehead atoms. The molecule has 0 spiro atoms. The Balaban J connectivity index is 3.45. The van der Waals surface area contributed by atoms with Crippen molar-refractivity contribution in [1.29, 1.82) is 0 Å². The van der Waals surface area contributed by atoms with Gasteiger partial charge in [0.1, 0.15) is 0 Å². The van der Waals surface area contributed by atoms with Crippen LogP contribution in [-0.2, 0) is 4.74 Å². The molecule has 86 valence electrons. The second kappa shape index (κ2) is 6.65. The van der Waals surface area contributed by atoms with Gasteiger partial charge in [0.2, 0.25) is 0 Å². The van der Waals surface area contributed by atoms with Crippen LogP contribution >= 0.6 is 11.6 Å². The summed E-state index contributed by atoms with van der Waals surface area (Å²) >= 11 is 5.76. The van der Waals surface area contributed by atoms with Gasteiger partial charge in [0.15, 0.2) is 0 Å². The van der Waals surface area contributed by atoms with Crippen LogP contribution in [0.15, 0.2) is 0 Å². The van der Waals surface area contributed by atoms with E-state index in [1.165, 1.54) is 0 Å². The minimum atomic E-state index is -0.0387. The van der Waals surface area contributed by atoms with Gasteiger partial charge in [-0.05, 0) is 33.6 Å². The van der Waals surface area contributed by atoms with E-state index in [0.29, 0.717) is 17.8 Å². The van der Waals surface area contributed by atoms with E-state index in [1.54, 1.807) is 0 Å². The van der Waals surface area contributed by atoms with E-state index in [4.69, 9.17) is 16.3 Å². The number of alkyl halides is 1. The Morgan fingerprint density at radius 1 is 1.29 bits per heavy atom. The van der Waals surface area contributed by atoms with Crippen molar-refractivity contribution in [1.82, 2.24) is 5.32 Å². The van der Waals surface area contributed by atoms with Crippen LogP contribution in [0, 0.1) is 5.92 Å². The van der Waals surface area contributed by atoms with Gasteiger partial charge in [-0.2, -0.15) is 0 Å². The Morgan fingerprint density at radius 2 is 1.86 bits per heavy atom. The maximum Gasteiger partial charge on any atom is 0.0599 e. The third-order valence-corrected chi connectivity index (χ3v) is 2.69. The average molecular weight is 222 g/mol. The minimum Gasteiger partial charge on any atom is -0.375 e. The highest BCUT2D eigenvalue weighted by molar-refractivity contribution is 6.18. The molecule has 0 radical (unpaired) electrons. The summed E-state index contributed by atoms with van der Waals surface area (Å²) in [6.07, 6.45) is 0. The second-order valence-corrected chi connectivity index (χ2v) is 5.14. The quantitative estimate of drug-likeness (QED) is 0.550. The standard InChI is InChI=1S/C11H24ClNO/c1-9(8-12)10(2)13-6-7-14-11(3,4)5/h9-10,13H,6-8H2,1-5H3. The predicted octanol–water partition coefficient (Wildman–Crippen LogP) is 2.65. The second-order valence-electron chi connectivity index (χ2n) is 4.84. The Labute approximate surface area is 93.4 Å². The number of rotatable bonds is 6. The highest BCUT2D eigenvalue weighted by Gasteiger charge is 2.12. The zero-order chi connectivity index (χ0) is 11.2. The molecule has 0 aromatic rings. The summed E-state index contributed by atoms with van der Waals surface area (Å²) in [7, 11) is 0. The highest BCUT2D eigenvalue weighted by Crippen LogP contribution is 2.06. The van der Waals surface area contributed by atoms with Crippen molar-refractivity contribution in [2.24, 2.45) is 5.92 Å². The van der Waals surface area contributed by atoms with Crippen molar-refractivity contribution in [3.63, 3.8) is 0 Å². The lowest BCUT2D eigenvalue weighted by molar-refractivity contribution is -0.00184. The summed E-state index contributed by atoms with van der Waals surface area (Å²) in [6.45, 7) is 12.1. The lowest BCUT2D eigenvalue weighted by Gasteiger charge is -2.22. The zero-order valence-electron chi connectivity index (χ0n) is 10.1. The molecule has 0 aliphatic rings.